The second-order valence-corrected chi connectivity index (χ2v) is 6.42. The zero-order valence-corrected chi connectivity index (χ0v) is 13.7. The van der Waals surface area contributed by atoms with E-state index in [2.05, 4.69) is 42.7 Å². The molecule has 2 aromatic carbocycles. The molecule has 3 heteroatoms. The minimum Gasteiger partial charge on any atom is -0.508 e. The summed E-state index contributed by atoms with van der Waals surface area (Å²) in [5.74, 6) is 1.09. The summed E-state index contributed by atoms with van der Waals surface area (Å²) in [5.41, 5.74) is 4.58. The van der Waals surface area contributed by atoms with E-state index in [1.807, 2.05) is 13.0 Å². The maximum Gasteiger partial charge on any atom is 0.143 e. The van der Waals surface area contributed by atoms with Crippen molar-refractivity contribution in [1.29, 1.82) is 0 Å². The Morgan fingerprint density at radius 2 is 2.13 bits per heavy atom. The van der Waals surface area contributed by atoms with Gasteiger partial charge in [0, 0.05) is 19.0 Å². The lowest BCUT2D eigenvalue weighted by atomic mass is 10.0. The first-order valence-electron chi connectivity index (χ1n) is 7.96. The molecule has 3 nitrogen and oxygen atoms in total. The number of phenols is 1. The molecule has 3 rings (SSSR count). The van der Waals surface area contributed by atoms with Gasteiger partial charge in [0.25, 0.3) is 0 Å². The first-order valence-corrected chi connectivity index (χ1v) is 7.96. The van der Waals surface area contributed by atoms with Crippen LogP contribution in [0.2, 0.25) is 0 Å². The number of aryl methyl sites for hydroxylation is 1. The minimum atomic E-state index is 0.0909. The lowest BCUT2D eigenvalue weighted by molar-refractivity contribution is 0.194. The first-order chi connectivity index (χ1) is 11.0. The van der Waals surface area contributed by atoms with Gasteiger partial charge < -0.3 is 14.7 Å². The summed E-state index contributed by atoms with van der Waals surface area (Å²) < 4.78 is 6.16. The Morgan fingerprint density at radius 3 is 2.87 bits per heavy atom. The van der Waals surface area contributed by atoms with Crippen molar-refractivity contribution in [3.05, 3.63) is 65.7 Å². The molecular weight excluding hydrogens is 286 g/mol. The number of anilines is 1. The third-order valence-electron chi connectivity index (χ3n) is 4.01. The average molecular weight is 309 g/mol. The second kappa shape index (κ2) is 6.37. The fraction of sp³-hybridized carbons (Fsp3) is 0.300. The zero-order valence-electron chi connectivity index (χ0n) is 13.7. The highest BCUT2D eigenvalue weighted by atomic mass is 16.5. The number of aromatic hydroxyl groups is 1. The van der Waals surface area contributed by atoms with E-state index in [1.165, 1.54) is 11.1 Å². The van der Waals surface area contributed by atoms with Crippen molar-refractivity contribution in [1.82, 2.24) is 0 Å². The Morgan fingerprint density at radius 1 is 1.30 bits per heavy atom. The Bertz CT molecular complexity index is 723. The molecule has 1 aliphatic rings. The number of ether oxygens (including phenoxy) is 1. The fourth-order valence-corrected chi connectivity index (χ4v) is 3.10. The molecule has 0 amide bonds. The van der Waals surface area contributed by atoms with Crippen molar-refractivity contribution in [2.45, 2.75) is 26.4 Å². The molecule has 0 spiro atoms. The van der Waals surface area contributed by atoms with Crippen molar-refractivity contribution in [2.24, 2.45) is 0 Å². The summed E-state index contributed by atoms with van der Waals surface area (Å²) in [6.07, 6.45) is 0.961. The molecule has 23 heavy (non-hydrogen) atoms. The van der Waals surface area contributed by atoms with Crippen LogP contribution in [0.15, 0.2) is 54.6 Å². The average Bonchev–Trinajstić information content (AvgIpc) is 2.47. The first kappa shape index (κ1) is 15.5. The van der Waals surface area contributed by atoms with Gasteiger partial charge in [-0.25, -0.2) is 0 Å². The van der Waals surface area contributed by atoms with Crippen LogP contribution >= 0.6 is 0 Å². The monoisotopic (exact) mass is 309 g/mol. The zero-order chi connectivity index (χ0) is 16.4. The van der Waals surface area contributed by atoms with Crippen LogP contribution in [0.5, 0.6) is 11.5 Å². The van der Waals surface area contributed by atoms with Gasteiger partial charge in [-0.1, -0.05) is 42.0 Å². The number of fused-ring (bicyclic) bond motifs is 1. The Labute approximate surface area is 137 Å². The third-order valence-corrected chi connectivity index (χ3v) is 4.01. The van der Waals surface area contributed by atoms with E-state index in [1.54, 1.807) is 12.1 Å². The van der Waals surface area contributed by atoms with Crippen LogP contribution in [-0.4, -0.2) is 24.3 Å². The topological polar surface area (TPSA) is 32.7 Å². The van der Waals surface area contributed by atoms with Gasteiger partial charge in [-0.15, -0.1) is 0 Å². The van der Waals surface area contributed by atoms with E-state index < -0.39 is 0 Å². The number of rotatable bonds is 4. The lowest BCUT2D eigenvalue weighted by Gasteiger charge is -2.36. The molecule has 0 bridgehead atoms. The van der Waals surface area contributed by atoms with Gasteiger partial charge in [-0.05, 0) is 31.5 Å². The van der Waals surface area contributed by atoms with E-state index in [-0.39, 0.29) is 11.9 Å². The Balaban J connectivity index is 1.84. The SMILES string of the molecule is C=C(C)CN1CC(Cc2cccc(C)c2)Oc2ccc(O)cc21. The van der Waals surface area contributed by atoms with E-state index in [4.69, 9.17) is 4.74 Å². The largest absolute Gasteiger partial charge is 0.508 e. The molecule has 1 aliphatic heterocycles. The molecule has 0 aliphatic carbocycles. The van der Waals surface area contributed by atoms with E-state index >= 15 is 0 Å². The van der Waals surface area contributed by atoms with Gasteiger partial charge in [-0.3, -0.25) is 0 Å². The number of hydrogen-bond donors (Lipinski definition) is 1. The molecular formula is C20H23NO2. The molecule has 0 aromatic heterocycles. The molecule has 1 heterocycles. The van der Waals surface area contributed by atoms with Gasteiger partial charge in [0.05, 0.1) is 12.2 Å². The van der Waals surface area contributed by atoms with Crippen molar-refractivity contribution >= 4 is 5.69 Å². The van der Waals surface area contributed by atoms with Crippen molar-refractivity contribution in [2.75, 3.05) is 18.0 Å². The Hall–Kier alpha value is -2.42. The normalized spacial score (nSPS) is 16.6. The van der Waals surface area contributed by atoms with Gasteiger partial charge in [0.1, 0.15) is 17.6 Å². The summed E-state index contributed by atoms with van der Waals surface area (Å²) in [6, 6.07) is 13.8. The highest BCUT2D eigenvalue weighted by Crippen LogP contribution is 2.37. The fourth-order valence-electron chi connectivity index (χ4n) is 3.10. The quantitative estimate of drug-likeness (QED) is 0.864. The third kappa shape index (κ3) is 3.67. The molecule has 0 saturated carbocycles. The van der Waals surface area contributed by atoms with Crippen LogP contribution in [0, 0.1) is 6.92 Å². The predicted molar refractivity (Wildman–Crippen MR) is 94.4 cm³/mol. The molecule has 1 unspecified atom stereocenters. The predicted octanol–water partition coefficient (Wildman–Crippen LogP) is 4.09. The smallest absolute Gasteiger partial charge is 0.143 e. The highest BCUT2D eigenvalue weighted by molar-refractivity contribution is 5.63. The van der Waals surface area contributed by atoms with Crippen LogP contribution in [-0.2, 0) is 6.42 Å². The summed E-state index contributed by atoms with van der Waals surface area (Å²) >= 11 is 0. The maximum absolute atomic E-state index is 9.77. The molecule has 1 N–H and O–H groups in total. The summed E-state index contributed by atoms with van der Waals surface area (Å²) in [5, 5.41) is 9.77. The number of hydrogen-bond acceptors (Lipinski definition) is 3. The molecule has 0 radical (unpaired) electrons. The second-order valence-electron chi connectivity index (χ2n) is 6.42. The summed E-state index contributed by atoms with van der Waals surface area (Å²) in [4.78, 5) is 2.24. The van der Waals surface area contributed by atoms with Crippen LogP contribution in [0.3, 0.4) is 0 Å². The van der Waals surface area contributed by atoms with Gasteiger partial charge in [0.15, 0.2) is 0 Å². The van der Waals surface area contributed by atoms with E-state index in [0.717, 1.165) is 36.5 Å². The number of nitrogens with zero attached hydrogens (tertiary/aromatic N) is 1. The summed E-state index contributed by atoms with van der Waals surface area (Å²) in [6.45, 7) is 9.71. The molecule has 120 valence electrons. The van der Waals surface area contributed by atoms with Gasteiger partial charge >= 0.3 is 0 Å². The molecule has 0 fully saturated rings. The lowest BCUT2D eigenvalue weighted by Crippen LogP contribution is -2.41. The number of phenolic OH excluding ortho intramolecular Hbond substituents is 1. The van der Waals surface area contributed by atoms with Crippen LogP contribution in [0.4, 0.5) is 5.69 Å². The van der Waals surface area contributed by atoms with E-state index in [9.17, 15) is 5.11 Å². The van der Waals surface area contributed by atoms with Crippen molar-refractivity contribution in [3.63, 3.8) is 0 Å². The van der Waals surface area contributed by atoms with Gasteiger partial charge in [-0.2, -0.15) is 0 Å². The Kier molecular flexibility index (Phi) is 4.28. The van der Waals surface area contributed by atoms with Crippen LogP contribution in [0.25, 0.3) is 0 Å². The van der Waals surface area contributed by atoms with Crippen LogP contribution in [0.1, 0.15) is 18.1 Å². The number of benzene rings is 2. The standard InChI is InChI=1S/C20H23NO2/c1-14(2)12-21-13-18(10-16-6-4-5-15(3)9-16)23-20-8-7-17(22)11-19(20)21/h4-9,11,18,22H,1,10,12-13H2,2-3H3. The van der Waals surface area contributed by atoms with E-state index in [0.29, 0.717) is 0 Å². The minimum absolute atomic E-state index is 0.0909. The molecule has 2 aromatic rings. The summed E-state index contributed by atoms with van der Waals surface area (Å²) in [7, 11) is 0. The molecule has 0 saturated heterocycles. The van der Waals surface area contributed by atoms with Crippen molar-refractivity contribution in [3.8, 4) is 11.5 Å². The van der Waals surface area contributed by atoms with Crippen LogP contribution < -0.4 is 9.64 Å². The maximum atomic E-state index is 9.77. The van der Waals surface area contributed by atoms with Crippen molar-refractivity contribution < 1.29 is 9.84 Å². The van der Waals surface area contributed by atoms with Gasteiger partial charge in [0.2, 0.25) is 0 Å². The highest BCUT2D eigenvalue weighted by Gasteiger charge is 2.26. The molecule has 1 atom stereocenters.